The van der Waals surface area contributed by atoms with Crippen molar-refractivity contribution >= 4 is 39.4 Å². The highest BCUT2D eigenvalue weighted by molar-refractivity contribution is 9.10. The molecule has 0 fully saturated rings. The summed E-state index contributed by atoms with van der Waals surface area (Å²) in [7, 11) is 1.23. The molecule has 0 aliphatic carbocycles. The van der Waals surface area contributed by atoms with Gasteiger partial charge in [0.25, 0.3) is 5.91 Å². The van der Waals surface area contributed by atoms with Gasteiger partial charge in [0.15, 0.2) is 0 Å². The van der Waals surface area contributed by atoms with Gasteiger partial charge in [0.05, 0.1) is 12.7 Å². The van der Waals surface area contributed by atoms with Gasteiger partial charge in [-0.3, -0.25) is 9.59 Å². The number of alkyl halides is 1. The van der Waals surface area contributed by atoms with Crippen LogP contribution in [0.2, 0.25) is 5.02 Å². The minimum atomic E-state index is -0.718. The van der Waals surface area contributed by atoms with Crippen LogP contribution in [0, 0.1) is 5.82 Å². The van der Waals surface area contributed by atoms with Crippen LogP contribution in [0.1, 0.15) is 10.4 Å². The molecule has 0 aliphatic rings. The summed E-state index contributed by atoms with van der Waals surface area (Å²) in [6.07, 6.45) is 0. The third-order valence-corrected chi connectivity index (χ3v) is 3.01. The maximum atomic E-state index is 13.4. The highest BCUT2D eigenvalue weighted by Crippen LogP contribution is 2.14. The molecule has 1 unspecified atom stereocenters. The van der Waals surface area contributed by atoms with E-state index in [1.807, 2.05) is 0 Å². The lowest BCUT2D eigenvalue weighted by Crippen LogP contribution is -2.34. The van der Waals surface area contributed by atoms with Crippen molar-refractivity contribution in [3.05, 3.63) is 34.6 Å². The molecule has 1 aromatic rings. The van der Waals surface area contributed by atoms with E-state index in [2.05, 4.69) is 26.0 Å². The number of carbonyl (C=O) groups excluding carboxylic acids is 2. The van der Waals surface area contributed by atoms with Gasteiger partial charge in [0.2, 0.25) is 0 Å². The zero-order chi connectivity index (χ0) is 13.7. The van der Waals surface area contributed by atoms with Gasteiger partial charge in [0.1, 0.15) is 10.6 Å². The highest BCUT2D eigenvalue weighted by atomic mass is 79.9. The number of halogens is 3. The number of nitrogens with one attached hydrogen (secondary N) is 1. The normalized spacial score (nSPS) is 11.8. The second-order valence-electron chi connectivity index (χ2n) is 3.32. The first kappa shape index (κ1) is 14.9. The SMILES string of the molecule is COC(=O)C(Br)CNC(=O)c1ccc(Cl)cc1F. The van der Waals surface area contributed by atoms with Gasteiger partial charge in [-0.2, -0.15) is 0 Å². The van der Waals surface area contributed by atoms with Crippen molar-refractivity contribution in [2.45, 2.75) is 4.83 Å². The number of carbonyl (C=O) groups is 2. The van der Waals surface area contributed by atoms with E-state index in [-0.39, 0.29) is 17.1 Å². The summed E-state index contributed by atoms with van der Waals surface area (Å²) >= 11 is 8.60. The molecule has 0 bridgehead atoms. The smallest absolute Gasteiger partial charge is 0.321 e. The Bertz CT molecular complexity index is 470. The van der Waals surface area contributed by atoms with E-state index >= 15 is 0 Å². The first-order chi connectivity index (χ1) is 8.45. The van der Waals surface area contributed by atoms with Gasteiger partial charge in [0, 0.05) is 11.6 Å². The first-order valence-electron chi connectivity index (χ1n) is 4.91. The lowest BCUT2D eigenvalue weighted by Gasteiger charge is -2.09. The molecule has 1 N–H and O–H groups in total. The summed E-state index contributed by atoms with van der Waals surface area (Å²) in [6.45, 7) is -0.00638. The second kappa shape index (κ2) is 6.70. The van der Waals surface area contributed by atoms with Crippen LogP contribution in [0.3, 0.4) is 0 Å². The Morgan fingerprint density at radius 3 is 2.78 bits per heavy atom. The fourth-order valence-electron chi connectivity index (χ4n) is 1.16. The summed E-state index contributed by atoms with van der Waals surface area (Å²) in [6, 6.07) is 3.72. The Hall–Kier alpha value is -1.14. The molecule has 7 heteroatoms. The Kier molecular flexibility index (Phi) is 5.55. The Balaban J connectivity index is 2.63. The second-order valence-corrected chi connectivity index (χ2v) is 4.87. The standard InChI is InChI=1S/C11H10BrClFNO3/c1-18-11(17)8(12)5-15-10(16)7-3-2-6(13)4-9(7)14/h2-4,8H,5H2,1H3,(H,15,16). The largest absolute Gasteiger partial charge is 0.468 e. The van der Waals surface area contributed by atoms with E-state index < -0.39 is 22.5 Å². The number of methoxy groups -OCH3 is 1. The van der Waals surface area contributed by atoms with E-state index in [0.717, 1.165) is 6.07 Å². The molecular weight excluding hydrogens is 328 g/mol. The van der Waals surface area contributed by atoms with Crippen LogP contribution in [0.15, 0.2) is 18.2 Å². The fourth-order valence-corrected chi connectivity index (χ4v) is 1.67. The van der Waals surface area contributed by atoms with Gasteiger partial charge < -0.3 is 10.1 Å². The predicted octanol–water partition coefficient (Wildman–Crippen LogP) is 2.15. The number of hydrogen-bond acceptors (Lipinski definition) is 3. The Morgan fingerprint density at radius 2 is 2.22 bits per heavy atom. The number of benzene rings is 1. The van der Waals surface area contributed by atoms with Crippen LogP contribution in [0.25, 0.3) is 0 Å². The van der Waals surface area contributed by atoms with Crippen molar-refractivity contribution in [1.82, 2.24) is 5.32 Å². The van der Waals surface area contributed by atoms with Gasteiger partial charge in [-0.1, -0.05) is 27.5 Å². The quantitative estimate of drug-likeness (QED) is 0.676. The van der Waals surface area contributed by atoms with Crippen molar-refractivity contribution in [2.75, 3.05) is 13.7 Å². The van der Waals surface area contributed by atoms with Crippen LogP contribution in [0.4, 0.5) is 4.39 Å². The molecular formula is C11H10BrClFNO3. The topological polar surface area (TPSA) is 55.4 Å². The highest BCUT2D eigenvalue weighted by Gasteiger charge is 2.18. The molecule has 1 amide bonds. The lowest BCUT2D eigenvalue weighted by atomic mass is 10.2. The van der Waals surface area contributed by atoms with Gasteiger partial charge >= 0.3 is 5.97 Å². The Labute approximate surface area is 117 Å². The van der Waals surface area contributed by atoms with Gasteiger partial charge in [-0.05, 0) is 18.2 Å². The monoisotopic (exact) mass is 337 g/mol. The van der Waals surface area contributed by atoms with Crippen LogP contribution in [-0.2, 0) is 9.53 Å². The molecule has 0 saturated carbocycles. The number of hydrogen-bond donors (Lipinski definition) is 1. The molecule has 0 radical (unpaired) electrons. The summed E-state index contributed by atoms with van der Waals surface area (Å²) in [5, 5.41) is 2.61. The van der Waals surface area contributed by atoms with E-state index in [1.54, 1.807) is 0 Å². The van der Waals surface area contributed by atoms with E-state index in [1.165, 1.54) is 19.2 Å². The number of ether oxygens (including phenoxy) is 1. The molecule has 1 rings (SSSR count). The third-order valence-electron chi connectivity index (χ3n) is 2.07. The van der Waals surface area contributed by atoms with Crippen molar-refractivity contribution in [3.63, 3.8) is 0 Å². The number of esters is 1. The molecule has 1 atom stereocenters. The van der Waals surface area contributed by atoms with E-state index in [9.17, 15) is 14.0 Å². The molecule has 1 aromatic carbocycles. The van der Waals surface area contributed by atoms with Crippen LogP contribution in [-0.4, -0.2) is 30.4 Å². The summed E-state index contributed by atoms with van der Waals surface area (Å²) in [5.74, 6) is -1.87. The molecule has 0 saturated heterocycles. The van der Waals surface area contributed by atoms with Crippen LogP contribution in [0.5, 0.6) is 0 Å². The Morgan fingerprint density at radius 1 is 1.56 bits per heavy atom. The minimum Gasteiger partial charge on any atom is -0.468 e. The zero-order valence-corrected chi connectivity index (χ0v) is 11.7. The lowest BCUT2D eigenvalue weighted by molar-refractivity contribution is -0.139. The summed E-state index contributed by atoms with van der Waals surface area (Å²) in [5.41, 5.74) is -0.135. The van der Waals surface area contributed by atoms with Crippen molar-refractivity contribution < 1.29 is 18.7 Å². The third kappa shape index (κ3) is 3.96. The zero-order valence-electron chi connectivity index (χ0n) is 9.38. The summed E-state index contributed by atoms with van der Waals surface area (Å²) < 4.78 is 17.9. The number of amides is 1. The molecule has 18 heavy (non-hydrogen) atoms. The molecule has 0 aromatic heterocycles. The number of rotatable bonds is 4. The van der Waals surface area contributed by atoms with E-state index in [0.29, 0.717) is 0 Å². The van der Waals surface area contributed by atoms with Gasteiger partial charge in [-0.25, -0.2) is 4.39 Å². The average molecular weight is 339 g/mol. The van der Waals surface area contributed by atoms with Crippen molar-refractivity contribution in [3.8, 4) is 0 Å². The molecule has 0 spiro atoms. The molecule has 0 aliphatic heterocycles. The maximum absolute atomic E-state index is 13.4. The fraction of sp³-hybridized carbons (Fsp3) is 0.273. The van der Waals surface area contributed by atoms with E-state index in [4.69, 9.17) is 11.6 Å². The van der Waals surface area contributed by atoms with Crippen LogP contribution >= 0.6 is 27.5 Å². The maximum Gasteiger partial charge on any atom is 0.321 e. The van der Waals surface area contributed by atoms with Crippen molar-refractivity contribution in [2.24, 2.45) is 0 Å². The molecule has 98 valence electrons. The van der Waals surface area contributed by atoms with Gasteiger partial charge in [-0.15, -0.1) is 0 Å². The first-order valence-corrected chi connectivity index (χ1v) is 6.20. The predicted molar refractivity (Wildman–Crippen MR) is 68.5 cm³/mol. The minimum absolute atomic E-state index is 0.00638. The van der Waals surface area contributed by atoms with Crippen LogP contribution < -0.4 is 5.32 Å². The molecule has 4 nitrogen and oxygen atoms in total. The molecule has 0 heterocycles. The summed E-state index contributed by atoms with van der Waals surface area (Å²) in [4.78, 5) is 22.0. The average Bonchev–Trinajstić information content (AvgIpc) is 2.34. The van der Waals surface area contributed by atoms with Crippen molar-refractivity contribution in [1.29, 1.82) is 0 Å².